The molecular weight excluding hydrogens is 320 g/mol. The number of aromatic nitrogens is 1. The Morgan fingerprint density at radius 3 is 2.88 bits per heavy atom. The van der Waals surface area contributed by atoms with E-state index in [4.69, 9.17) is 4.74 Å². The lowest BCUT2D eigenvalue weighted by Crippen LogP contribution is -2.40. The van der Waals surface area contributed by atoms with Gasteiger partial charge in [-0.05, 0) is 30.5 Å². The van der Waals surface area contributed by atoms with Gasteiger partial charge >= 0.3 is 0 Å². The van der Waals surface area contributed by atoms with E-state index in [0.29, 0.717) is 32.7 Å². The second-order valence-corrected chi connectivity index (χ2v) is 6.52. The molecule has 136 valence electrons. The van der Waals surface area contributed by atoms with Gasteiger partial charge in [-0.1, -0.05) is 6.42 Å². The molecule has 0 unspecified atom stereocenters. The van der Waals surface area contributed by atoms with Gasteiger partial charge in [0.25, 0.3) is 0 Å². The number of carbonyl (C=O) groups excluding carboxylic acids is 2. The van der Waals surface area contributed by atoms with E-state index < -0.39 is 0 Å². The maximum atomic E-state index is 12.2. The summed E-state index contributed by atoms with van der Waals surface area (Å²) in [6, 6.07) is 3.91. The molecule has 2 amide bonds. The van der Waals surface area contributed by atoms with Gasteiger partial charge in [0.05, 0.1) is 19.8 Å². The zero-order chi connectivity index (χ0) is 17.5. The summed E-state index contributed by atoms with van der Waals surface area (Å²) in [5.41, 5.74) is 1.01. The average Bonchev–Trinajstić information content (AvgIpc) is 2.85. The van der Waals surface area contributed by atoms with Crippen LogP contribution in [0.5, 0.6) is 0 Å². The second-order valence-electron chi connectivity index (χ2n) is 6.52. The van der Waals surface area contributed by atoms with Crippen molar-refractivity contribution in [1.29, 1.82) is 0 Å². The monoisotopic (exact) mass is 346 g/mol. The minimum atomic E-state index is -0.111. The van der Waals surface area contributed by atoms with Crippen molar-refractivity contribution in [3.05, 3.63) is 23.9 Å². The van der Waals surface area contributed by atoms with Gasteiger partial charge in [-0.15, -0.1) is 0 Å². The van der Waals surface area contributed by atoms with Crippen molar-refractivity contribution in [2.24, 2.45) is 0 Å². The fourth-order valence-corrected chi connectivity index (χ4v) is 3.17. The lowest BCUT2D eigenvalue weighted by molar-refractivity contribution is -0.135. The molecular formula is C18H26N4O3. The van der Waals surface area contributed by atoms with Gasteiger partial charge < -0.3 is 19.9 Å². The number of pyridine rings is 1. The Hall–Kier alpha value is -2.15. The molecule has 3 rings (SSSR count). The molecule has 1 N–H and O–H groups in total. The van der Waals surface area contributed by atoms with E-state index >= 15 is 0 Å². The molecule has 0 spiro atoms. The number of anilines is 1. The van der Waals surface area contributed by atoms with Crippen LogP contribution in [0, 0.1) is 0 Å². The largest absolute Gasteiger partial charge is 0.378 e. The molecule has 0 saturated carbocycles. The summed E-state index contributed by atoms with van der Waals surface area (Å²) in [7, 11) is 0. The van der Waals surface area contributed by atoms with Crippen LogP contribution in [-0.2, 0) is 20.9 Å². The van der Waals surface area contributed by atoms with Crippen LogP contribution in [0.15, 0.2) is 18.3 Å². The minimum absolute atomic E-state index is 0.0890. The number of nitrogens with zero attached hydrogens (tertiary/aromatic N) is 3. The fourth-order valence-electron chi connectivity index (χ4n) is 3.17. The summed E-state index contributed by atoms with van der Waals surface area (Å²) < 4.78 is 5.36. The molecule has 0 aromatic carbocycles. The van der Waals surface area contributed by atoms with Crippen molar-refractivity contribution in [3.8, 4) is 0 Å². The van der Waals surface area contributed by atoms with Crippen molar-refractivity contribution in [2.75, 3.05) is 44.3 Å². The molecule has 0 bridgehead atoms. The van der Waals surface area contributed by atoms with Crippen molar-refractivity contribution in [3.63, 3.8) is 0 Å². The number of nitrogens with one attached hydrogen (secondary N) is 1. The van der Waals surface area contributed by atoms with E-state index in [1.165, 1.54) is 0 Å². The third-order valence-electron chi connectivity index (χ3n) is 4.64. The Morgan fingerprint density at radius 2 is 2.04 bits per heavy atom. The first-order valence-corrected chi connectivity index (χ1v) is 9.04. The van der Waals surface area contributed by atoms with Gasteiger partial charge in [0, 0.05) is 38.8 Å². The molecule has 0 radical (unpaired) electrons. The van der Waals surface area contributed by atoms with E-state index in [1.54, 1.807) is 11.1 Å². The third-order valence-corrected chi connectivity index (χ3v) is 4.64. The quantitative estimate of drug-likeness (QED) is 0.859. The Morgan fingerprint density at radius 1 is 1.20 bits per heavy atom. The number of rotatable bonds is 5. The molecule has 7 heteroatoms. The highest BCUT2D eigenvalue weighted by atomic mass is 16.5. The van der Waals surface area contributed by atoms with E-state index in [2.05, 4.69) is 15.2 Å². The van der Waals surface area contributed by atoms with Crippen LogP contribution in [0.2, 0.25) is 0 Å². The predicted molar refractivity (Wildman–Crippen MR) is 94.2 cm³/mol. The SMILES string of the molecule is O=C(CN1CCCCCC1=O)NCc1ccnc(N2CCOCC2)c1. The second kappa shape index (κ2) is 8.80. The van der Waals surface area contributed by atoms with Crippen LogP contribution < -0.4 is 10.2 Å². The van der Waals surface area contributed by atoms with E-state index in [0.717, 1.165) is 43.7 Å². The Labute approximate surface area is 148 Å². The van der Waals surface area contributed by atoms with Crippen LogP contribution in [0.4, 0.5) is 5.82 Å². The zero-order valence-electron chi connectivity index (χ0n) is 14.6. The van der Waals surface area contributed by atoms with Gasteiger partial charge in [-0.3, -0.25) is 9.59 Å². The highest BCUT2D eigenvalue weighted by Crippen LogP contribution is 2.14. The average molecular weight is 346 g/mol. The van der Waals surface area contributed by atoms with Crippen LogP contribution >= 0.6 is 0 Å². The number of amides is 2. The van der Waals surface area contributed by atoms with Gasteiger partial charge in [0.15, 0.2) is 0 Å². The highest BCUT2D eigenvalue weighted by molar-refractivity contribution is 5.84. The van der Waals surface area contributed by atoms with Crippen LogP contribution in [0.1, 0.15) is 31.2 Å². The molecule has 25 heavy (non-hydrogen) atoms. The normalized spacial score (nSPS) is 18.8. The van der Waals surface area contributed by atoms with Crippen LogP contribution in [0.3, 0.4) is 0 Å². The van der Waals surface area contributed by atoms with Crippen molar-refractivity contribution < 1.29 is 14.3 Å². The van der Waals surface area contributed by atoms with Crippen molar-refractivity contribution in [1.82, 2.24) is 15.2 Å². The number of morpholine rings is 1. The van der Waals surface area contributed by atoms with E-state index in [1.807, 2.05) is 12.1 Å². The Balaban J connectivity index is 1.50. The van der Waals surface area contributed by atoms with Gasteiger partial charge in [0.2, 0.25) is 11.8 Å². The molecule has 1 aromatic heterocycles. The number of hydrogen-bond donors (Lipinski definition) is 1. The molecule has 2 aliphatic heterocycles. The summed E-state index contributed by atoms with van der Waals surface area (Å²) >= 11 is 0. The Kier molecular flexibility index (Phi) is 6.22. The molecule has 0 atom stereocenters. The number of likely N-dealkylation sites (tertiary alicyclic amines) is 1. The van der Waals surface area contributed by atoms with Crippen LogP contribution in [0.25, 0.3) is 0 Å². The molecule has 2 saturated heterocycles. The van der Waals surface area contributed by atoms with Gasteiger partial charge in [-0.2, -0.15) is 0 Å². The first-order valence-electron chi connectivity index (χ1n) is 9.04. The molecule has 1 aromatic rings. The van der Waals surface area contributed by atoms with Gasteiger partial charge in [-0.25, -0.2) is 4.98 Å². The number of carbonyl (C=O) groups is 2. The highest BCUT2D eigenvalue weighted by Gasteiger charge is 2.19. The summed E-state index contributed by atoms with van der Waals surface area (Å²) in [5, 5.41) is 2.91. The maximum absolute atomic E-state index is 12.2. The summed E-state index contributed by atoms with van der Waals surface area (Å²) in [6.07, 6.45) is 5.29. The minimum Gasteiger partial charge on any atom is -0.378 e. The maximum Gasteiger partial charge on any atom is 0.239 e. The van der Waals surface area contributed by atoms with Gasteiger partial charge in [0.1, 0.15) is 5.82 Å². The Bertz CT molecular complexity index is 602. The standard InChI is InChI=1S/C18H26N4O3/c23-17(14-22-7-3-1-2-4-18(22)24)20-13-15-5-6-19-16(12-15)21-8-10-25-11-9-21/h5-6,12H,1-4,7-11,13-14H2,(H,20,23). The predicted octanol–water partition coefficient (Wildman–Crippen LogP) is 0.937. The fraction of sp³-hybridized carbons (Fsp3) is 0.611. The number of ether oxygens (including phenoxy) is 1. The molecule has 3 heterocycles. The van der Waals surface area contributed by atoms with Crippen molar-refractivity contribution in [2.45, 2.75) is 32.2 Å². The lowest BCUT2D eigenvalue weighted by Gasteiger charge is -2.28. The number of hydrogen-bond acceptors (Lipinski definition) is 5. The van der Waals surface area contributed by atoms with Crippen molar-refractivity contribution >= 4 is 17.6 Å². The van der Waals surface area contributed by atoms with E-state index in [9.17, 15) is 9.59 Å². The summed E-state index contributed by atoms with van der Waals surface area (Å²) in [4.78, 5) is 32.4. The van der Waals surface area contributed by atoms with E-state index in [-0.39, 0.29) is 18.4 Å². The first-order chi connectivity index (χ1) is 12.2. The first kappa shape index (κ1) is 17.7. The molecule has 0 aliphatic carbocycles. The smallest absolute Gasteiger partial charge is 0.239 e. The topological polar surface area (TPSA) is 74.8 Å². The summed E-state index contributed by atoms with van der Waals surface area (Å²) in [6.45, 7) is 4.38. The summed E-state index contributed by atoms with van der Waals surface area (Å²) in [5.74, 6) is 0.892. The molecule has 2 fully saturated rings. The third kappa shape index (κ3) is 5.16. The molecule has 7 nitrogen and oxygen atoms in total. The molecule has 2 aliphatic rings. The lowest BCUT2D eigenvalue weighted by atomic mass is 10.2. The van der Waals surface area contributed by atoms with Crippen LogP contribution in [-0.4, -0.2) is 61.1 Å². The zero-order valence-corrected chi connectivity index (χ0v) is 14.6.